The van der Waals surface area contributed by atoms with Gasteiger partial charge in [0.1, 0.15) is 11.4 Å². The SMILES string of the molecule is CC(C)(C)C(=O)n1nc(-c2cccc(=O)[nH]2)cc1CCc1ccc(Cl)s1.CC(C)(C)C(=O)n1nc(-c2cccc(=O)n2Cc2ccccn2)cc1CCc1ccc(Cl)s1.ClCc1ccccn1. The Hall–Kier alpha value is -5.77. The lowest BCUT2D eigenvalue weighted by Crippen LogP contribution is -2.29. The summed E-state index contributed by atoms with van der Waals surface area (Å²) in [4.78, 5) is 63.7. The van der Waals surface area contributed by atoms with Gasteiger partial charge in [-0.1, -0.05) is 89.0 Å². The summed E-state index contributed by atoms with van der Waals surface area (Å²) in [7, 11) is 0. The van der Waals surface area contributed by atoms with E-state index in [-0.39, 0.29) is 22.9 Å². The molecule has 0 atom stereocenters. The van der Waals surface area contributed by atoms with Crippen LogP contribution in [0.3, 0.4) is 0 Å². The molecular weight excluding hydrogens is 947 g/mol. The van der Waals surface area contributed by atoms with Crippen molar-refractivity contribution in [2.24, 2.45) is 10.8 Å². The Balaban J connectivity index is 0.000000193. The highest BCUT2D eigenvalue weighted by molar-refractivity contribution is 7.16. The van der Waals surface area contributed by atoms with E-state index in [0.717, 1.165) is 54.0 Å². The molecule has 0 amide bonds. The summed E-state index contributed by atoms with van der Waals surface area (Å²) < 4.78 is 6.09. The number of nitrogens with zero attached hydrogens (tertiary/aromatic N) is 7. The molecule has 0 unspecified atom stereocenters. The number of thiophene rings is 2. The molecule has 8 rings (SSSR count). The molecule has 0 radical (unpaired) electrons. The largest absolute Gasteiger partial charge is 0.321 e. The topological polar surface area (TPSA) is 150 Å². The number of aromatic nitrogens is 8. The highest BCUT2D eigenvalue weighted by Crippen LogP contribution is 2.28. The smallest absolute Gasteiger partial charge is 0.252 e. The molecule has 0 aliphatic heterocycles. The zero-order valence-electron chi connectivity index (χ0n) is 38.0. The summed E-state index contributed by atoms with van der Waals surface area (Å²) in [5.41, 5.74) is 4.21. The predicted molar refractivity (Wildman–Crippen MR) is 271 cm³/mol. The van der Waals surface area contributed by atoms with E-state index in [4.69, 9.17) is 34.8 Å². The van der Waals surface area contributed by atoms with Crippen molar-refractivity contribution in [3.8, 4) is 22.8 Å². The van der Waals surface area contributed by atoms with Crippen molar-refractivity contribution in [1.29, 1.82) is 0 Å². The zero-order valence-corrected chi connectivity index (χ0v) is 41.9. The van der Waals surface area contributed by atoms with Crippen molar-refractivity contribution in [3.63, 3.8) is 0 Å². The number of pyridine rings is 4. The highest BCUT2D eigenvalue weighted by Gasteiger charge is 2.28. The zero-order chi connectivity index (χ0) is 48.3. The fourth-order valence-electron chi connectivity index (χ4n) is 6.55. The number of carbonyl (C=O) groups excluding carboxylic acids is 2. The van der Waals surface area contributed by atoms with Gasteiger partial charge in [0.25, 0.3) is 17.4 Å². The van der Waals surface area contributed by atoms with Crippen LogP contribution in [0.1, 0.15) is 83.7 Å². The Morgan fingerprint density at radius 1 is 0.612 bits per heavy atom. The minimum Gasteiger partial charge on any atom is -0.321 e. The number of aryl methyl sites for hydroxylation is 4. The van der Waals surface area contributed by atoms with Crippen molar-refractivity contribution < 1.29 is 9.59 Å². The fraction of sp³-hybridized carbons (Fsp3) is 0.280. The third kappa shape index (κ3) is 14.1. The van der Waals surface area contributed by atoms with Gasteiger partial charge >= 0.3 is 0 Å². The maximum Gasteiger partial charge on any atom is 0.252 e. The summed E-state index contributed by atoms with van der Waals surface area (Å²) >= 11 is 20.6. The summed E-state index contributed by atoms with van der Waals surface area (Å²) in [6.07, 6.45) is 6.23. The number of halogens is 3. The third-order valence-corrected chi connectivity index (χ3v) is 12.9. The van der Waals surface area contributed by atoms with E-state index in [1.54, 1.807) is 35.2 Å². The number of nitrogens with one attached hydrogen (secondary N) is 1. The molecular formula is C50H51Cl3N8O4S2. The Labute approximate surface area is 412 Å². The number of hydrogen-bond donors (Lipinski definition) is 1. The van der Waals surface area contributed by atoms with Gasteiger partial charge < -0.3 is 9.55 Å². The molecule has 1 N–H and O–H groups in total. The Morgan fingerprint density at radius 3 is 1.60 bits per heavy atom. The number of carbonyl (C=O) groups is 2. The second kappa shape index (κ2) is 22.8. The number of rotatable bonds is 11. The molecule has 67 heavy (non-hydrogen) atoms. The van der Waals surface area contributed by atoms with Gasteiger partial charge in [-0.05, 0) is 98.5 Å². The molecule has 8 aromatic rings. The lowest BCUT2D eigenvalue weighted by molar-refractivity contribution is 0.0739. The fourth-order valence-corrected chi connectivity index (χ4v) is 8.88. The first-order chi connectivity index (χ1) is 31.9. The van der Waals surface area contributed by atoms with Crippen LogP contribution in [-0.2, 0) is 38.1 Å². The van der Waals surface area contributed by atoms with Crippen LogP contribution >= 0.6 is 57.5 Å². The summed E-state index contributed by atoms with van der Waals surface area (Å²) in [6.45, 7) is 11.5. The van der Waals surface area contributed by atoms with Gasteiger partial charge in [-0.3, -0.25) is 29.1 Å². The monoisotopic (exact) mass is 996 g/mol. The van der Waals surface area contributed by atoms with Crippen molar-refractivity contribution >= 4 is 69.3 Å². The molecule has 12 nitrogen and oxygen atoms in total. The van der Waals surface area contributed by atoms with E-state index in [9.17, 15) is 19.2 Å². The van der Waals surface area contributed by atoms with Crippen molar-refractivity contribution in [2.45, 2.75) is 79.7 Å². The number of hydrogen-bond acceptors (Lipinski definition) is 10. The minimum absolute atomic E-state index is 0.0822. The first-order valence-electron chi connectivity index (χ1n) is 21.4. The van der Waals surface area contributed by atoms with Crippen LogP contribution in [0, 0.1) is 10.8 Å². The van der Waals surface area contributed by atoms with E-state index >= 15 is 0 Å². The molecule has 17 heteroatoms. The lowest BCUT2D eigenvalue weighted by atomic mass is 9.95. The number of alkyl halides is 1. The molecule has 0 saturated carbocycles. The van der Waals surface area contributed by atoms with E-state index in [1.165, 1.54) is 44.2 Å². The van der Waals surface area contributed by atoms with Crippen LogP contribution in [-0.4, -0.2) is 50.9 Å². The van der Waals surface area contributed by atoms with Gasteiger partial charge in [0.15, 0.2) is 0 Å². The summed E-state index contributed by atoms with van der Waals surface area (Å²) in [5, 5.41) is 9.15. The molecule has 8 heterocycles. The van der Waals surface area contributed by atoms with Gasteiger partial charge in [-0.25, -0.2) is 9.36 Å². The van der Waals surface area contributed by atoms with Crippen molar-refractivity contribution in [1.82, 2.24) is 39.1 Å². The van der Waals surface area contributed by atoms with Crippen LogP contribution in [0.25, 0.3) is 22.8 Å². The Morgan fingerprint density at radius 2 is 1.13 bits per heavy atom. The Kier molecular flexibility index (Phi) is 17.2. The average molecular weight is 999 g/mol. The van der Waals surface area contributed by atoms with Gasteiger partial charge in [0.05, 0.1) is 43.9 Å². The van der Waals surface area contributed by atoms with E-state index < -0.39 is 10.8 Å². The Bertz CT molecular complexity index is 3030. The molecule has 348 valence electrons. The summed E-state index contributed by atoms with van der Waals surface area (Å²) in [5.74, 6) is 0.324. The van der Waals surface area contributed by atoms with Crippen LogP contribution in [0.5, 0.6) is 0 Å². The second-order valence-electron chi connectivity index (χ2n) is 17.4. The number of H-pyrrole nitrogens is 1. The average Bonchev–Trinajstić information content (AvgIpc) is 4.13. The standard InChI is InChI=1S/C25H25ClN4O2S.C19H20ClN3O2S.C6H6ClN/c1-25(2,3)24(32)30-18(10-11-19-12-13-22(26)33-19)15-20(28-30)21-8-6-9-23(31)29(21)16-17-7-4-5-14-27-17;1-19(2,3)18(25)23-12(7-8-13-9-10-16(20)26-13)11-15(22-23)14-5-4-6-17(24)21-14;7-5-6-3-1-2-4-8-6/h4-9,12-15H,10-11,16H2,1-3H3;4-6,9-11H,7-8H2,1-3H3,(H,21,24);1-4H,5H2. The summed E-state index contributed by atoms with van der Waals surface area (Å²) in [6, 6.07) is 32.8. The van der Waals surface area contributed by atoms with Crippen LogP contribution in [0.2, 0.25) is 8.67 Å². The van der Waals surface area contributed by atoms with Crippen LogP contribution in [0.15, 0.2) is 131 Å². The second-order valence-corrected chi connectivity index (χ2v) is 21.3. The van der Waals surface area contributed by atoms with Gasteiger partial charge in [-0.15, -0.1) is 34.3 Å². The maximum absolute atomic E-state index is 13.2. The molecule has 0 spiro atoms. The van der Waals surface area contributed by atoms with Gasteiger partial charge in [0.2, 0.25) is 5.56 Å². The number of aromatic amines is 1. The molecule has 0 saturated heterocycles. The van der Waals surface area contributed by atoms with E-state index in [1.807, 2.05) is 120 Å². The molecule has 0 aliphatic carbocycles. The maximum atomic E-state index is 13.2. The quantitative estimate of drug-likeness (QED) is 0.126. The molecule has 0 bridgehead atoms. The third-order valence-electron chi connectivity index (χ3n) is 10.0. The van der Waals surface area contributed by atoms with Gasteiger partial charge in [0, 0.05) is 56.5 Å². The van der Waals surface area contributed by atoms with E-state index in [2.05, 4.69) is 25.1 Å². The lowest BCUT2D eigenvalue weighted by Gasteiger charge is -2.17. The minimum atomic E-state index is -0.603. The molecule has 0 aliphatic rings. The normalized spacial score (nSPS) is 11.4. The predicted octanol–water partition coefficient (Wildman–Crippen LogP) is 11.6. The van der Waals surface area contributed by atoms with Crippen molar-refractivity contribution in [2.75, 3.05) is 0 Å². The first kappa shape index (κ1) is 50.6. The molecule has 0 fully saturated rings. The van der Waals surface area contributed by atoms with Gasteiger partial charge in [-0.2, -0.15) is 10.2 Å². The highest BCUT2D eigenvalue weighted by atomic mass is 35.5. The molecule has 0 aromatic carbocycles. The van der Waals surface area contributed by atoms with E-state index in [0.29, 0.717) is 48.0 Å². The van der Waals surface area contributed by atoms with Crippen molar-refractivity contribution in [3.05, 3.63) is 183 Å². The van der Waals surface area contributed by atoms with Crippen LogP contribution < -0.4 is 11.1 Å². The first-order valence-corrected chi connectivity index (χ1v) is 24.3. The van der Waals surface area contributed by atoms with Crippen LogP contribution in [0.4, 0.5) is 0 Å². The molecule has 8 aromatic heterocycles.